The number of benzene rings is 2. The van der Waals surface area contributed by atoms with Crippen LogP contribution in [-0.2, 0) is 4.79 Å². The van der Waals surface area contributed by atoms with E-state index in [4.69, 9.17) is 27.9 Å². The number of carbonyl (C=O) groups excluding carboxylic acids is 2. The van der Waals surface area contributed by atoms with Crippen molar-refractivity contribution in [3.05, 3.63) is 58.1 Å². The Labute approximate surface area is 162 Å². The van der Waals surface area contributed by atoms with Gasteiger partial charge in [0.25, 0.3) is 11.8 Å². The molecular weight excluding hydrogens is 375 g/mol. The topological polar surface area (TPSA) is 58.6 Å². The van der Waals surface area contributed by atoms with Crippen molar-refractivity contribution in [2.75, 3.05) is 25.0 Å². The molecule has 0 saturated heterocycles. The summed E-state index contributed by atoms with van der Waals surface area (Å²) in [5.74, 6) is -0.0220. The number of hydrogen-bond donors (Lipinski definition) is 1. The van der Waals surface area contributed by atoms with Gasteiger partial charge in [-0.3, -0.25) is 9.59 Å². The smallest absolute Gasteiger partial charge is 0.260 e. The van der Waals surface area contributed by atoms with Gasteiger partial charge in [-0.15, -0.1) is 0 Å². The van der Waals surface area contributed by atoms with Crippen LogP contribution in [0.1, 0.15) is 24.2 Å². The average molecular weight is 395 g/mol. The van der Waals surface area contributed by atoms with Crippen molar-refractivity contribution in [1.82, 2.24) is 4.90 Å². The Bertz CT molecular complexity index is 792. The first-order chi connectivity index (χ1) is 12.4. The Morgan fingerprint density at radius 2 is 1.81 bits per heavy atom. The minimum Gasteiger partial charge on any atom is -0.482 e. The van der Waals surface area contributed by atoms with Gasteiger partial charge in [-0.25, -0.2) is 0 Å². The molecule has 2 rings (SSSR count). The highest BCUT2D eigenvalue weighted by Crippen LogP contribution is 2.28. The van der Waals surface area contributed by atoms with Crippen LogP contribution < -0.4 is 10.1 Å². The van der Waals surface area contributed by atoms with Crippen molar-refractivity contribution in [2.24, 2.45) is 0 Å². The number of hydrogen-bond acceptors (Lipinski definition) is 3. The van der Waals surface area contributed by atoms with Crippen LogP contribution >= 0.6 is 23.2 Å². The molecule has 0 radical (unpaired) electrons. The average Bonchev–Trinajstić information content (AvgIpc) is 2.62. The molecule has 0 aliphatic heterocycles. The van der Waals surface area contributed by atoms with Crippen LogP contribution in [0, 0.1) is 0 Å². The summed E-state index contributed by atoms with van der Waals surface area (Å²) in [5.41, 5.74) is 0.959. The lowest BCUT2D eigenvalue weighted by Crippen LogP contribution is -2.34. The van der Waals surface area contributed by atoms with Gasteiger partial charge in [0.1, 0.15) is 5.75 Å². The Morgan fingerprint density at radius 1 is 1.08 bits per heavy atom. The molecule has 2 aromatic carbocycles. The molecular formula is C19H20Cl2N2O3. The van der Waals surface area contributed by atoms with Gasteiger partial charge < -0.3 is 15.0 Å². The summed E-state index contributed by atoms with van der Waals surface area (Å²) in [6, 6.07) is 11.5. The van der Waals surface area contributed by atoms with Gasteiger partial charge in [-0.05, 0) is 50.2 Å². The highest BCUT2D eigenvalue weighted by atomic mass is 35.5. The third-order valence-corrected chi connectivity index (χ3v) is 4.27. The summed E-state index contributed by atoms with van der Waals surface area (Å²) in [6.45, 7) is 4.98. The predicted octanol–water partition coefficient (Wildman–Crippen LogP) is 4.49. The van der Waals surface area contributed by atoms with Crippen LogP contribution in [0.15, 0.2) is 42.5 Å². The Hall–Kier alpha value is -2.24. The molecule has 0 aromatic heterocycles. The first-order valence-electron chi connectivity index (χ1n) is 8.21. The molecule has 7 heteroatoms. The number of rotatable bonds is 7. The molecule has 1 N–H and O–H groups in total. The molecule has 0 aliphatic carbocycles. The molecule has 0 saturated carbocycles. The fourth-order valence-corrected chi connectivity index (χ4v) is 2.76. The monoisotopic (exact) mass is 394 g/mol. The SMILES string of the molecule is CCN(CC)C(=O)COc1ccc(NC(=O)c2cccc(Cl)c2)cc1Cl. The maximum atomic E-state index is 12.2. The number of anilines is 1. The Kier molecular flexibility index (Phi) is 7.30. The molecule has 0 bridgehead atoms. The second kappa shape index (κ2) is 9.46. The van der Waals surface area contributed by atoms with Crippen LogP contribution in [0.3, 0.4) is 0 Å². The number of nitrogens with zero attached hydrogens (tertiary/aromatic N) is 1. The molecule has 0 heterocycles. The van der Waals surface area contributed by atoms with E-state index in [0.29, 0.717) is 40.1 Å². The fraction of sp³-hybridized carbons (Fsp3) is 0.263. The maximum absolute atomic E-state index is 12.2. The molecule has 2 aromatic rings. The van der Waals surface area contributed by atoms with Crippen molar-refractivity contribution in [3.8, 4) is 5.75 Å². The maximum Gasteiger partial charge on any atom is 0.260 e. The lowest BCUT2D eigenvalue weighted by molar-refractivity contribution is -0.132. The summed E-state index contributed by atoms with van der Waals surface area (Å²) in [6.07, 6.45) is 0. The van der Waals surface area contributed by atoms with Crippen LogP contribution in [0.5, 0.6) is 5.75 Å². The highest BCUT2D eigenvalue weighted by Gasteiger charge is 2.13. The predicted molar refractivity (Wildman–Crippen MR) is 104 cm³/mol. The Balaban J connectivity index is 2.00. The van der Waals surface area contributed by atoms with Crippen LogP contribution in [0.2, 0.25) is 10.0 Å². The van der Waals surface area contributed by atoms with Gasteiger partial charge >= 0.3 is 0 Å². The van der Waals surface area contributed by atoms with Gasteiger partial charge in [0, 0.05) is 29.4 Å². The molecule has 0 unspecified atom stereocenters. The molecule has 0 spiro atoms. The van der Waals surface area contributed by atoms with E-state index in [9.17, 15) is 9.59 Å². The second-order valence-electron chi connectivity index (χ2n) is 5.46. The van der Waals surface area contributed by atoms with Crippen molar-refractivity contribution in [2.45, 2.75) is 13.8 Å². The zero-order chi connectivity index (χ0) is 19.1. The molecule has 0 fully saturated rings. The van der Waals surface area contributed by atoms with Gasteiger partial charge in [0.2, 0.25) is 0 Å². The second-order valence-corrected chi connectivity index (χ2v) is 6.31. The lowest BCUT2D eigenvalue weighted by Gasteiger charge is -2.19. The molecule has 138 valence electrons. The summed E-state index contributed by atoms with van der Waals surface area (Å²) in [4.78, 5) is 25.9. The fourth-order valence-electron chi connectivity index (χ4n) is 2.34. The van der Waals surface area contributed by atoms with E-state index in [1.54, 1.807) is 47.4 Å². The Morgan fingerprint density at radius 3 is 2.42 bits per heavy atom. The standard InChI is InChI=1S/C19H20Cl2N2O3/c1-3-23(4-2)18(24)12-26-17-9-8-15(11-16(17)21)22-19(25)13-6-5-7-14(20)10-13/h5-11H,3-4,12H2,1-2H3,(H,22,25). The van der Waals surface area contributed by atoms with Crippen LogP contribution in [0.25, 0.3) is 0 Å². The zero-order valence-corrected chi connectivity index (χ0v) is 16.1. The van der Waals surface area contributed by atoms with Crippen LogP contribution in [-0.4, -0.2) is 36.4 Å². The third-order valence-electron chi connectivity index (χ3n) is 3.74. The van der Waals surface area contributed by atoms with E-state index in [-0.39, 0.29) is 18.4 Å². The van der Waals surface area contributed by atoms with E-state index < -0.39 is 0 Å². The number of likely N-dealkylation sites (N-methyl/N-ethyl adjacent to an activating group) is 1. The highest BCUT2D eigenvalue weighted by molar-refractivity contribution is 6.32. The van der Waals surface area contributed by atoms with E-state index in [2.05, 4.69) is 5.32 Å². The molecule has 5 nitrogen and oxygen atoms in total. The molecule has 0 atom stereocenters. The number of carbonyl (C=O) groups is 2. The van der Waals surface area contributed by atoms with E-state index in [0.717, 1.165) is 0 Å². The number of halogens is 2. The largest absolute Gasteiger partial charge is 0.482 e. The quantitative estimate of drug-likeness (QED) is 0.752. The first-order valence-corrected chi connectivity index (χ1v) is 8.97. The third kappa shape index (κ3) is 5.38. The van der Waals surface area contributed by atoms with Gasteiger partial charge in [0.05, 0.1) is 5.02 Å². The molecule has 0 aliphatic rings. The van der Waals surface area contributed by atoms with Gasteiger partial charge in [-0.2, -0.15) is 0 Å². The van der Waals surface area contributed by atoms with Gasteiger partial charge in [0.15, 0.2) is 6.61 Å². The van der Waals surface area contributed by atoms with Crippen molar-refractivity contribution in [3.63, 3.8) is 0 Å². The van der Waals surface area contributed by atoms with Gasteiger partial charge in [-0.1, -0.05) is 29.3 Å². The van der Waals surface area contributed by atoms with E-state index in [1.165, 1.54) is 0 Å². The van der Waals surface area contributed by atoms with Crippen LogP contribution in [0.4, 0.5) is 5.69 Å². The minimum atomic E-state index is -0.297. The summed E-state index contributed by atoms with van der Waals surface area (Å²) in [7, 11) is 0. The summed E-state index contributed by atoms with van der Waals surface area (Å²) < 4.78 is 5.49. The summed E-state index contributed by atoms with van der Waals surface area (Å²) in [5, 5.41) is 3.53. The summed E-state index contributed by atoms with van der Waals surface area (Å²) >= 11 is 12.1. The van der Waals surface area contributed by atoms with E-state index in [1.807, 2.05) is 13.8 Å². The lowest BCUT2D eigenvalue weighted by atomic mass is 10.2. The number of nitrogens with one attached hydrogen (secondary N) is 1. The normalized spacial score (nSPS) is 10.3. The van der Waals surface area contributed by atoms with Crippen molar-refractivity contribution >= 4 is 40.7 Å². The number of amides is 2. The molecule has 26 heavy (non-hydrogen) atoms. The van der Waals surface area contributed by atoms with Crippen molar-refractivity contribution in [1.29, 1.82) is 0 Å². The van der Waals surface area contributed by atoms with Crippen molar-refractivity contribution < 1.29 is 14.3 Å². The van der Waals surface area contributed by atoms with E-state index >= 15 is 0 Å². The first kappa shape index (κ1) is 20.1. The number of ether oxygens (including phenoxy) is 1. The molecule has 2 amide bonds. The minimum absolute atomic E-state index is 0.0877. The zero-order valence-electron chi connectivity index (χ0n) is 14.6.